The third-order valence-corrected chi connectivity index (χ3v) is 5.63. The van der Waals surface area contributed by atoms with Gasteiger partial charge in [-0.15, -0.1) is 11.3 Å². The number of benzene rings is 2. The summed E-state index contributed by atoms with van der Waals surface area (Å²) in [4.78, 5) is 29.8. The highest BCUT2D eigenvalue weighted by Gasteiger charge is 2.11. The molecule has 9 heteroatoms. The van der Waals surface area contributed by atoms with Gasteiger partial charge in [-0.25, -0.2) is 4.39 Å². The first-order valence-corrected chi connectivity index (χ1v) is 11.2. The van der Waals surface area contributed by atoms with Gasteiger partial charge < -0.3 is 15.2 Å². The predicted molar refractivity (Wildman–Crippen MR) is 123 cm³/mol. The number of thiophene rings is 1. The normalized spacial score (nSPS) is 10.7. The first-order valence-electron chi connectivity index (χ1n) is 10.4. The van der Waals surface area contributed by atoms with Crippen molar-refractivity contribution >= 4 is 28.8 Å². The van der Waals surface area contributed by atoms with Crippen molar-refractivity contribution in [3.05, 3.63) is 88.9 Å². The first kappa shape index (κ1) is 22.3. The lowest BCUT2D eigenvalue weighted by molar-refractivity contribution is -0.121. The molecule has 0 fully saturated rings. The Morgan fingerprint density at radius 3 is 2.76 bits per heavy atom. The van der Waals surface area contributed by atoms with E-state index in [4.69, 9.17) is 4.52 Å². The second kappa shape index (κ2) is 10.6. The summed E-state index contributed by atoms with van der Waals surface area (Å²) in [6.07, 6.45) is 1.43. The number of carbonyl (C=O) groups is 2. The third kappa shape index (κ3) is 6.33. The summed E-state index contributed by atoms with van der Waals surface area (Å²) < 4.78 is 18.6. The number of hydrogen-bond acceptors (Lipinski definition) is 6. The lowest BCUT2D eigenvalue weighted by atomic mass is 10.1. The molecule has 168 valence electrons. The SMILES string of the molecule is O=C(CCCc1nc(-c2cccs2)no1)NCc1cccc(NC(=O)c2cccc(F)c2)c1. The van der Waals surface area contributed by atoms with Crippen LogP contribution >= 0.6 is 11.3 Å². The van der Waals surface area contributed by atoms with Crippen LogP contribution in [0.4, 0.5) is 10.1 Å². The lowest BCUT2D eigenvalue weighted by Crippen LogP contribution is -2.22. The highest BCUT2D eigenvalue weighted by atomic mass is 32.1. The molecule has 0 aliphatic carbocycles. The van der Waals surface area contributed by atoms with Gasteiger partial charge >= 0.3 is 0 Å². The number of aryl methyl sites for hydroxylation is 1. The van der Waals surface area contributed by atoms with Gasteiger partial charge in [0.05, 0.1) is 4.88 Å². The van der Waals surface area contributed by atoms with Crippen molar-refractivity contribution < 1.29 is 18.5 Å². The zero-order valence-electron chi connectivity index (χ0n) is 17.6. The average Bonchev–Trinajstić information content (AvgIpc) is 3.50. The topological polar surface area (TPSA) is 97.1 Å². The van der Waals surface area contributed by atoms with Gasteiger partial charge in [-0.05, 0) is 53.8 Å². The van der Waals surface area contributed by atoms with E-state index in [-0.39, 0.29) is 11.5 Å². The molecule has 4 rings (SSSR count). The Morgan fingerprint density at radius 1 is 1.06 bits per heavy atom. The molecule has 0 saturated carbocycles. The van der Waals surface area contributed by atoms with E-state index in [0.29, 0.717) is 43.2 Å². The molecular formula is C24H21FN4O3S. The fourth-order valence-electron chi connectivity index (χ4n) is 3.14. The molecule has 0 aliphatic rings. The summed E-state index contributed by atoms with van der Waals surface area (Å²) in [6, 6.07) is 16.5. The molecule has 0 radical (unpaired) electrons. The van der Waals surface area contributed by atoms with E-state index in [1.54, 1.807) is 24.3 Å². The van der Waals surface area contributed by atoms with Crippen LogP contribution in [0.5, 0.6) is 0 Å². The Balaban J connectivity index is 1.22. The van der Waals surface area contributed by atoms with Crippen LogP contribution in [0.3, 0.4) is 0 Å². The van der Waals surface area contributed by atoms with Gasteiger partial charge in [0.1, 0.15) is 5.82 Å². The number of amides is 2. The van der Waals surface area contributed by atoms with E-state index in [9.17, 15) is 14.0 Å². The van der Waals surface area contributed by atoms with E-state index in [1.807, 2.05) is 23.6 Å². The van der Waals surface area contributed by atoms with Gasteiger partial charge in [0.15, 0.2) is 0 Å². The first-order chi connectivity index (χ1) is 16.1. The van der Waals surface area contributed by atoms with Crippen LogP contribution in [0.1, 0.15) is 34.7 Å². The van der Waals surface area contributed by atoms with E-state index in [1.165, 1.54) is 29.5 Å². The summed E-state index contributed by atoms with van der Waals surface area (Å²) >= 11 is 1.54. The van der Waals surface area contributed by atoms with Crippen LogP contribution < -0.4 is 10.6 Å². The van der Waals surface area contributed by atoms with Crippen molar-refractivity contribution in [2.75, 3.05) is 5.32 Å². The number of aromatic nitrogens is 2. The van der Waals surface area contributed by atoms with Crippen LogP contribution in [0.25, 0.3) is 10.7 Å². The van der Waals surface area contributed by atoms with Crippen molar-refractivity contribution in [3.63, 3.8) is 0 Å². The predicted octanol–water partition coefficient (Wildman–Crippen LogP) is 4.83. The summed E-state index contributed by atoms with van der Waals surface area (Å²) in [6.45, 7) is 0.325. The molecule has 2 aromatic carbocycles. The van der Waals surface area contributed by atoms with Crippen LogP contribution in [0.2, 0.25) is 0 Å². The zero-order chi connectivity index (χ0) is 23.0. The maximum Gasteiger partial charge on any atom is 0.255 e. The van der Waals surface area contributed by atoms with Crippen LogP contribution in [-0.4, -0.2) is 22.0 Å². The lowest BCUT2D eigenvalue weighted by Gasteiger charge is -2.09. The second-order valence-corrected chi connectivity index (χ2v) is 8.23. The standard InChI is InChI=1S/C24H21FN4O3S/c25-18-7-2-6-17(14-18)24(31)27-19-8-1-5-16(13-19)15-26-21(30)10-3-11-22-28-23(29-32-22)20-9-4-12-33-20/h1-2,4-9,12-14H,3,10-11,15H2,(H,26,30)(H,27,31). The van der Waals surface area contributed by atoms with Crippen LogP contribution in [0.15, 0.2) is 70.6 Å². The number of carbonyl (C=O) groups excluding carboxylic acids is 2. The van der Waals surface area contributed by atoms with E-state index in [0.717, 1.165) is 10.4 Å². The monoisotopic (exact) mass is 464 g/mol. The maximum absolute atomic E-state index is 13.3. The van der Waals surface area contributed by atoms with Gasteiger partial charge in [0.2, 0.25) is 17.6 Å². The summed E-state index contributed by atoms with van der Waals surface area (Å²) in [5.74, 6) is 0.101. The number of halogens is 1. The largest absolute Gasteiger partial charge is 0.352 e. The Hall–Kier alpha value is -3.85. The molecular weight excluding hydrogens is 443 g/mol. The fraction of sp³-hybridized carbons (Fsp3) is 0.167. The minimum absolute atomic E-state index is 0.0952. The van der Waals surface area contributed by atoms with Crippen molar-refractivity contribution in [1.29, 1.82) is 0 Å². The van der Waals surface area contributed by atoms with Gasteiger partial charge in [0.25, 0.3) is 5.91 Å². The number of anilines is 1. The molecule has 0 atom stereocenters. The molecule has 2 aromatic heterocycles. The fourth-order valence-corrected chi connectivity index (χ4v) is 3.79. The Morgan fingerprint density at radius 2 is 1.94 bits per heavy atom. The number of rotatable bonds is 9. The van der Waals surface area contributed by atoms with Crippen molar-refractivity contribution in [2.45, 2.75) is 25.8 Å². The number of nitrogens with one attached hydrogen (secondary N) is 2. The molecule has 0 aliphatic heterocycles. The van der Waals surface area contributed by atoms with Crippen LogP contribution in [-0.2, 0) is 17.8 Å². The molecule has 2 N–H and O–H groups in total. The average molecular weight is 465 g/mol. The van der Waals surface area contributed by atoms with Crippen molar-refractivity contribution in [3.8, 4) is 10.7 Å². The maximum atomic E-state index is 13.3. The van der Waals surface area contributed by atoms with E-state index in [2.05, 4.69) is 20.8 Å². The highest BCUT2D eigenvalue weighted by molar-refractivity contribution is 7.13. The van der Waals surface area contributed by atoms with Crippen molar-refractivity contribution in [2.24, 2.45) is 0 Å². The molecule has 4 aromatic rings. The van der Waals surface area contributed by atoms with E-state index < -0.39 is 11.7 Å². The van der Waals surface area contributed by atoms with Crippen LogP contribution in [0, 0.1) is 5.82 Å². The van der Waals surface area contributed by atoms with Gasteiger partial charge in [-0.1, -0.05) is 29.4 Å². The molecule has 0 spiro atoms. The smallest absolute Gasteiger partial charge is 0.255 e. The molecule has 2 amide bonds. The molecule has 0 unspecified atom stereocenters. The number of nitrogens with zero attached hydrogens (tertiary/aromatic N) is 2. The molecule has 0 saturated heterocycles. The van der Waals surface area contributed by atoms with Gasteiger partial charge in [-0.2, -0.15) is 4.98 Å². The summed E-state index contributed by atoms with van der Waals surface area (Å²) in [5.41, 5.74) is 1.63. The molecule has 2 heterocycles. The Bertz CT molecular complexity index is 1240. The van der Waals surface area contributed by atoms with Gasteiger partial charge in [0, 0.05) is 30.6 Å². The van der Waals surface area contributed by atoms with E-state index >= 15 is 0 Å². The minimum atomic E-state index is -0.471. The molecule has 33 heavy (non-hydrogen) atoms. The highest BCUT2D eigenvalue weighted by Crippen LogP contribution is 2.21. The Labute approximate surface area is 193 Å². The minimum Gasteiger partial charge on any atom is -0.352 e. The second-order valence-electron chi connectivity index (χ2n) is 7.28. The Kier molecular flexibility index (Phi) is 7.21. The summed E-state index contributed by atoms with van der Waals surface area (Å²) in [5, 5.41) is 11.5. The number of hydrogen-bond donors (Lipinski definition) is 2. The quantitative estimate of drug-likeness (QED) is 0.370. The molecule has 7 nitrogen and oxygen atoms in total. The van der Waals surface area contributed by atoms with Crippen molar-refractivity contribution in [1.82, 2.24) is 15.5 Å². The molecule has 0 bridgehead atoms. The zero-order valence-corrected chi connectivity index (χ0v) is 18.4. The van der Waals surface area contributed by atoms with Gasteiger partial charge in [-0.3, -0.25) is 9.59 Å². The summed E-state index contributed by atoms with van der Waals surface area (Å²) in [7, 11) is 0. The third-order valence-electron chi connectivity index (χ3n) is 4.77.